The van der Waals surface area contributed by atoms with Crippen LogP contribution >= 0.6 is 11.8 Å². The van der Waals surface area contributed by atoms with Crippen molar-refractivity contribution in [3.05, 3.63) is 114 Å². The van der Waals surface area contributed by atoms with Crippen LogP contribution in [0.5, 0.6) is 5.75 Å². The maximum absolute atomic E-state index is 14.0. The predicted octanol–water partition coefficient (Wildman–Crippen LogP) is 8.58. The average Bonchev–Trinajstić information content (AvgIpc) is 3.78. The van der Waals surface area contributed by atoms with Gasteiger partial charge in [-0.15, -0.1) is 5.10 Å². The van der Waals surface area contributed by atoms with Crippen molar-refractivity contribution in [1.82, 2.24) is 25.6 Å². The number of tetrazole rings is 1. The molecule has 0 radical (unpaired) electrons. The molecule has 1 aliphatic rings. The number of hydrogen-bond acceptors (Lipinski definition) is 8. The molecule has 1 saturated heterocycles. The zero-order valence-corrected chi connectivity index (χ0v) is 32.6. The Bertz CT molecular complexity index is 2080. The quantitative estimate of drug-likeness (QED) is 0.102. The van der Waals surface area contributed by atoms with Gasteiger partial charge in [-0.25, -0.2) is 10.0 Å². The molecule has 5 aromatic rings. The molecule has 1 aliphatic heterocycles. The second-order valence-electron chi connectivity index (χ2n) is 14.6. The standard InChI is InChI=1S/C42H48N8O3S/c1-7-41(3,4)29-21-26-35(34(28-29)42(5,6)8-2)53-27-15-20-36(51)43-31-22-24-33(25-23-31)49-39(52)37(38(46-49)44-30-16-11-9-12-17-30)54-40-45-47-48-50(40)32-18-13-10-14-19-32/h9-14,16-19,21-26,28,37H,7-8,15,20,27H2,1-6H3,(H,43,51)(H,44,46). The normalized spacial score (nSPS) is 15.4. The lowest BCUT2D eigenvalue weighted by Gasteiger charge is -2.30. The van der Waals surface area contributed by atoms with Crippen LogP contribution in [0.4, 0.5) is 17.1 Å². The Labute approximate surface area is 321 Å². The van der Waals surface area contributed by atoms with Gasteiger partial charge < -0.3 is 10.1 Å². The highest BCUT2D eigenvalue weighted by molar-refractivity contribution is 8.01. The molecule has 1 unspecified atom stereocenters. The number of amidine groups is 1. The van der Waals surface area contributed by atoms with Crippen molar-refractivity contribution in [2.45, 2.75) is 88.5 Å². The minimum atomic E-state index is -0.745. The number of amides is 2. The molecule has 2 heterocycles. The highest BCUT2D eigenvalue weighted by Gasteiger charge is 2.40. The van der Waals surface area contributed by atoms with E-state index in [1.54, 1.807) is 28.9 Å². The first kappa shape index (κ1) is 38.2. The van der Waals surface area contributed by atoms with Gasteiger partial charge in [-0.3, -0.25) is 15.0 Å². The fraction of sp³-hybridized carbons (Fsp3) is 0.333. The molecule has 0 aliphatic carbocycles. The van der Waals surface area contributed by atoms with Crippen LogP contribution in [0.25, 0.3) is 5.69 Å². The first-order chi connectivity index (χ1) is 26.0. The van der Waals surface area contributed by atoms with Crippen LogP contribution in [0, 0.1) is 0 Å². The molecule has 1 fully saturated rings. The smallest absolute Gasteiger partial charge is 0.267 e. The molecule has 1 aromatic heterocycles. The van der Waals surface area contributed by atoms with Crippen molar-refractivity contribution in [2.75, 3.05) is 16.9 Å². The number of para-hydroxylation sites is 2. The van der Waals surface area contributed by atoms with Gasteiger partial charge in [0, 0.05) is 17.7 Å². The minimum Gasteiger partial charge on any atom is -0.493 e. The van der Waals surface area contributed by atoms with Crippen molar-refractivity contribution in [1.29, 1.82) is 0 Å². The number of ether oxygens (including phenoxy) is 1. The highest BCUT2D eigenvalue weighted by Crippen LogP contribution is 2.39. The third-order valence-corrected chi connectivity index (χ3v) is 11.2. The number of carbonyl (C=O) groups is 2. The van der Waals surface area contributed by atoms with Gasteiger partial charge >= 0.3 is 0 Å². The molecule has 12 heteroatoms. The van der Waals surface area contributed by atoms with Crippen molar-refractivity contribution >= 4 is 46.5 Å². The van der Waals surface area contributed by atoms with Crippen molar-refractivity contribution in [3.63, 3.8) is 0 Å². The van der Waals surface area contributed by atoms with Crippen molar-refractivity contribution in [3.8, 4) is 11.4 Å². The summed E-state index contributed by atoms with van der Waals surface area (Å²) in [4.78, 5) is 31.7. The van der Waals surface area contributed by atoms with E-state index in [0.29, 0.717) is 47.5 Å². The molecule has 0 saturated carbocycles. The van der Waals surface area contributed by atoms with Crippen LogP contribution in [0.2, 0.25) is 0 Å². The van der Waals surface area contributed by atoms with E-state index < -0.39 is 5.25 Å². The largest absolute Gasteiger partial charge is 0.493 e. The Morgan fingerprint density at radius 3 is 2.26 bits per heavy atom. The van der Waals surface area contributed by atoms with E-state index in [1.807, 2.05) is 60.7 Å². The van der Waals surface area contributed by atoms with E-state index in [-0.39, 0.29) is 22.6 Å². The number of nitrogens with one attached hydrogen (secondary N) is 2. The first-order valence-corrected chi connectivity index (χ1v) is 19.3. The fourth-order valence-corrected chi connectivity index (χ4v) is 6.87. The van der Waals surface area contributed by atoms with Gasteiger partial charge in [-0.05, 0) is 101 Å². The predicted molar refractivity (Wildman–Crippen MR) is 216 cm³/mol. The summed E-state index contributed by atoms with van der Waals surface area (Å²) in [5.74, 6) is 0.986. The maximum atomic E-state index is 14.0. The van der Waals surface area contributed by atoms with Gasteiger partial charge in [-0.2, -0.15) is 4.68 Å². The number of rotatable bonds is 15. The SMILES string of the molecule is CCC(C)(C)c1ccc(OCCCC(=O)Nc2ccc(N3NC(=Nc4ccccc4)C(Sc4nnnn4-c4ccccc4)C3=O)cc2)c(C(C)(C)CC)c1. The Kier molecular flexibility index (Phi) is 11.8. The van der Waals surface area contributed by atoms with Crippen LogP contribution < -0.4 is 20.5 Å². The van der Waals surface area contributed by atoms with Crippen LogP contribution in [0.1, 0.15) is 78.4 Å². The molecule has 1 atom stereocenters. The molecule has 280 valence electrons. The molecule has 2 amide bonds. The highest BCUT2D eigenvalue weighted by atomic mass is 32.2. The van der Waals surface area contributed by atoms with E-state index in [1.165, 1.54) is 27.9 Å². The summed E-state index contributed by atoms with van der Waals surface area (Å²) in [7, 11) is 0. The van der Waals surface area contributed by atoms with E-state index in [2.05, 4.69) is 86.0 Å². The van der Waals surface area contributed by atoms with Crippen molar-refractivity contribution in [2.24, 2.45) is 4.99 Å². The van der Waals surface area contributed by atoms with Crippen LogP contribution in [-0.4, -0.2) is 49.7 Å². The van der Waals surface area contributed by atoms with Crippen LogP contribution in [-0.2, 0) is 20.4 Å². The number of benzene rings is 4. The lowest BCUT2D eigenvalue weighted by Crippen LogP contribution is -2.35. The third kappa shape index (κ3) is 8.82. The van der Waals surface area contributed by atoms with Gasteiger partial charge in [0.15, 0.2) is 5.25 Å². The molecule has 6 rings (SSSR count). The Morgan fingerprint density at radius 2 is 1.57 bits per heavy atom. The van der Waals surface area contributed by atoms with E-state index in [4.69, 9.17) is 9.73 Å². The van der Waals surface area contributed by atoms with Gasteiger partial charge in [0.25, 0.3) is 5.91 Å². The van der Waals surface area contributed by atoms with Gasteiger partial charge in [0.2, 0.25) is 11.1 Å². The zero-order valence-electron chi connectivity index (χ0n) is 31.7. The molecule has 0 spiro atoms. The van der Waals surface area contributed by atoms with E-state index in [0.717, 1.165) is 24.3 Å². The molecule has 54 heavy (non-hydrogen) atoms. The zero-order chi connectivity index (χ0) is 38.3. The molecule has 2 N–H and O–H groups in total. The number of anilines is 2. The van der Waals surface area contributed by atoms with E-state index in [9.17, 15) is 9.59 Å². The first-order valence-electron chi connectivity index (χ1n) is 18.4. The minimum absolute atomic E-state index is 0.0370. The Hall–Kier alpha value is -5.49. The Morgan fingerprint density at radius 1 is 0.889 bits per heavy atom. The lowest BCUT2D eigenvalue weighted by atomic mass is 9.76. The number of hydrazine groups is 1. The number of aromatic nitrogens is 4. The fourth-order valence-electron chi connectivity index (χ4n) is 5.91. The summed E-state index contributed by atoms with van der Waals surface area (Å²) >= 11 is 1.21. The number of hydrogen-bond donors (Lipinski definition) is 2. The van der Waals surface area contributed by atoms with Gasteiger partial charge in [0.1, 0.15) is 11.6 Å². The lowest BCUT2D eigenvalue weighted by molar-refractivity contribution is -0.117. The number of aliphatic imine (C=N–C) groups is 1. The molecule has 11 nitrogen and oxygen atoms in total. The molecule has 0 bridgehead atoms. The molecule has 4 aromatic carbocycles. The summed E-state index contributed by atoms with van der Waals surface area (Å²) < 4.78 is 7.88. The molecular weight excluding hydrogens is 697 g/mol. The second kappa shape index (κ2) is 16.7. The summed E-state index contributed by atoms with van der Waals surface area (Å²) in [6, 6.07) is 32.6. The number of carbonyl (C=O) groups excluding carboxylic acids is 2. The molecular formula is C42H48N8O3S. The Balaban J connectivity index is 1.09. The average molecular weight is 745 g/mol. The third-order valence-electron chi connectivity index (χ3n) is 10.1. The van der Waals surface area contributed by atoms with Crippen molar-refractivity contribution < 1.29 is 14.3 Å². The second-order valence-corrected chi connectivity index (χ2v) is 15.6. The van der Waals surface area contributed by atoms with Crippen LogP contribution in [0.3, 0.4) is 0 Å². The number of nitrogens with zero attached hydrogens (tertiary/aromatic N) is 6. The summed E-state index contributed by atoms with van der Waals surface area (Å²) in [5, 5.41) is 16.4. The summed E-state index contributed by atoms with van der Waals surface area (Å²) in [6.45, 7) is 13.9. The van der Waals surface area contributed by atoms with Gasteiger partial charge in [-0.1, -0.05) is 102 Å². The van der Waals surface area contributed by atoms with Gasteiger partial charge in [0.05, 0.1) is 23.7 Å². The number of thioether (sulfide) groups is 1. The van der Waals surface area contributed by atoms with Crippen LogP contribution in [0.15, 0.2) is 113 Å². The summed E-state index contributed by atoms with van der Waals surface area (Å²) in [6.07, 6.45) is 2.91. The topological polar surface area (TPSA) is 127 Å². The monoisotopic (exact) mass is 744 g/mol. The maximum Gasteiger partial charge on any atom is 0.267 e. The van der Waals surface area contributed by atoms with E-state index >= 15 is 0 Å². The summed E-state index contributed by atoms with van der Waals surface area (Å²) in [5.41, 5.74) is 8.46.